The topological polar surface area (TPSA) is 79.3 Å². The summed E-state index contributed by atoms with van der Waals surface area (Å²) < 4.78 is 28.0. The summed E-state index contributed by atoms with van der Waals surface area (Å²) in [5.41, 5.74) is 1.91. The molecule has 0 fully saturated rings. The van der Waals surface area contributed by atoms with Crippen molar-refractivity contribution in [3.63, 3.8) is 0 Å². The third-order valence-corrected chi connectivity index (χ3v) is 5.37. The van der Waals surface area contributed by atoms with Crippen LogP contribution in [0.2, 0.25) is 0 Å². The summed E-state index contributed by atoms with van der Waals surface area (Å²) in [5, 5.41) is 9.21. The van der Waals surface area contributed by atoms with Crippen molar-refractivity contribution in [1.29, 1.82) is 0 Å². The van der Waals surface area contributed by atoms with Gasteiger partial charge in [0, 0.05) is 23.4 Å². The number of aliphatic hydroxyl groups excluding tert-OH is 1. The Bertz CT molecular complexity index is 733. The average molecular weight is 371 g/mol. The van der Waals surface area contributed by atoms with Crippen LogP contribution in [0.15, 0.2) is 46.0 Å². The highest BCUT2D eigenvalue weighted by Crippen LogP contribution is 2.26. The maximum Gasteiger partial charge on any atom is 0.241 e. The Morgan fingerprint density at radius 2 is 2.10 bits per heavy atom. The van der Waals surface area contributed by atoms with E-state index >= 15 is 0 Å². The lowest BCUT2D eigenvalue weighted by Crippen LogP contribution is -2.24. The van der Waals surface area contributed by atoms with E-state index in [1.165, 1.54) is 6.07 Å². The molecule has 1 aromatic heterocycles. The molecular formula is C14H15BrN2O3S. The molecule has 2 rings (SSSR count). The molecule has 1 heterocycles. The van der Waals surface area contributed by atoms with Crippen molar-refractivity contribution < 1.29 is 13.5 Å². The van der Waals surface area contributed by atoms with E-state index in [2.05, 4.69) is 25.6 Å². The van der Waals surface area contributed by atoms with Crippen molar-refractivity contribution in [3.8, 4) is 0 Å². The number of halogens is 1. The van der Waals surface area contributed by atoms with Crippen molar-refractivity contribution in [2.45, 2.75) is 25.0 Å². The monoisotopic (exact) mass is 370 g/mol. The van der Waals surface area contributed by atoms with Gasteiger partial charge in [0.05, 0.1) is 11.5 Å². The summed E-state index contributed by atoms with van der Waals surface area (Å²) >= 11 is 3.31. The second-order valence-corrected chi connectivity index (χ2v) is 7.13. The minimum atomic E-state index is -3.66. The maximum atomic E-state index is 12.4. The Labute approximate surface area is 132 Å². The Hall–Kier alpha value is -1.28. The largest absolute Gasteiger partial charge is 0.392 e. The van der Waals surface area contributed by atoms with Crippen LogP contribution in [-0.4, -0.2) is 18.5 Å². The second-order valence-electron chi connectivity index (χ2n) is 4.54. The molecule has 0 bridgehead atoms. The molecule has 0 aliphatic rings. The highest BCUT2D eigenvalue weighted by atomic mass is 79.9. The van der Waals surface area contributed by atoms with Crippen LogP contribution in [0.25, 0.3) is 0 Å². The quantitative estimate of drug-likeness (QED) is 0.844. The number of nitrogens with zero attached hydrogens (tertiary/aromatic N) is 1. The van der Waals surface area contributed by atoms with Crippen LogP contribution in [0.5, 0.6) is 0 Å². The number of pyridine rings is 1. The Kier molecular flexibility index (Phi) is 5.10. The molecule has 0 saturated heterocycles. The zero-order valence-corrected chi connectivity index (χ0v) is 13.8. The molecule has 1 aromatic carbocycles. The summed E-state index contributed by atoms with van der Waals surface area (Å²) in [5.74, 6) is 0. The second kappa shape index (κ2) is 6.65. The van der Waals surface area contributed by atoms with E-state index in [-0.39, 0.29) is 18.0 Å². The average Bonchev–Trinajstić information content (AvgIpc) is 2.48. The Balaban J connectivity index is 2.29. The number of hydrogen-bond acceptors (Lipinski definition) is 4. The van der Waals surface area contributed by atoms with Gasteiger partial charge in [0.1, 0.15) is 0 Å². The van der Waals surface area contributed by atoms with Crippen LogP contribution >= 0.6 is 15.9 Å². The lowest BCUT2D eigenvalue weighted by molar-refractivity contribution is 0.281. The van der Waals surface area contributed by atoms with Gasteiger partial charge < -0.3 is 5.11 Å². The van der Waals surface area contributed by atoms with Crippen LogP contribution in [-0.2, 0) is 23.2 Å². The lowest BCUT2D eigenvalue weighted by atomic mass is 10.2. The van der Waals surface area contributed by atoms with Gasteiger partial charge in [0.25, 0.3) is 0 Å². The molecule has 7 heteroatoms. The van der Waals surface area contributed by atoms with E-state index in [0.717, 1.165) is 5.56 Å². The molecule has 0 aliphatic heterocycles. The van der Waals surface area contributed by atoms with Crippen LogP contribution in [0.3, 0.4) is 0 Å². The first-order chi connectivity index (χ1) is 9.94. The molecule has 0 atom stereocenters. The molecule has 0 saturated carbocycles. The summed E-state index contributed by atoms with van der Waals surface area (Å²) in [4.78, 5) is 4.10. The summed E-state index contributed by atoms with van der Waals surface area (Å²) in [6.45, 7) is 1.66. The number of aromatic nitrogens is 1. The predicted molar refractivity (Wildman–Crippen MR) is 83.1 cm³/mol. The number of hydrogen-bond donors (Lipinski definition) is 2. The van der Waals surface area contributed by atoms with Crippen LogP contribution < -0.4 is 4.72 Å². The fourth-order valence-corrected chi connectivity index (χ4v) is 3.81. The van der Waals surface area contributed by atoms with Crippen LogP contribution in [0.4, 0.5) is 0 Å². The Morgan fingerprint density at radius 1 is 1.33 bits per heavy atom. The smallest absolute Gasteiger partial charge is 0.241 e. The summed E-state index contributed by atoms with van der Waals surface area (Å²) in [6, 6.07) is 6.72. The third kappa shape index (κ3) is 3.88. The van der Waals surface area contributed by atoms with Crippen LogP contribution in [0.1, 0.15) is 16.7 Å². The van der Waals surface area contributed by atoms with Gasteiger partial charge in [-0.1, -0.05) is 22.0 Å². The Morgan fingerprint density at radius 3 is 2.71 bits per heavy atom. The van der Waals surface area contributed by atoms with E-state index in [0.29, 0.717) is 15.6 Å². The first-order valence-electron chi connectivity index (χ1n) is 6.22. The number of benzene rings is 1. The summed E-state index contributed by atoms with van der Waals surface area (Å²) in [6.07, 6.45) is 3.24. The van der Waals surface area contributed by atoms with Crippen molar-refractivity contribution >= 4 is 26.0 Å². The molecule has 0 spiro atoms. The molecule has 0 radical (unpaired) electrons. The van der Waals surface area contributed by atoms with E-state index in [9.17, 15) is 13.5 Å². The third-order valence-electron chi connectivity index (χ3n) is 3.02. The summed E-state index contributed by atoms with van der Waals surface area (Å²) in [7, 11) is -3.66. The molecule has 2 N–H and O–H groups in total. The number of sulfonamides is 1. The van der Waals surface area contributed by atoms with Crippen molar-refractivity contribution in [3.05, 3.63) is 57.8 Å². The fraction of sp³-hybridized carbons (Fsp3) is 0.214. The standard InChI is InChI=1S/C14H15BrN2O3S/c1-10-13(15)5-12(9-18)6-14(10)21(19,20)17-8-11-3-2-4-16-7-11/h2-7,17-18H,8-9H2,1H3. The van der Waals surface area contributed by atoms with Crippen molar-refractivity contribution in [2.24, 2.45) is 0 Å². The fourth-order valence-electron chi connectivity index (χ4n) is 1.84. The van der Waals surface area contributed by atoms with Gasteiger partial charge in [-0.05, 0) is 41.8 Å². The molecule has 5 nitrogen and oxygen atoms in total. The van der Waals surface area contributed by atoms with Crippen molar-refractivity contribution in [2.75, 3.05) is 0 Å². The van der Waals surface area contributed by atoms with Gasteiger partial charge >= 0.3 is 0 Å². The van der Waals surface area contributed by atoms with Gasteiger partial charge in [0.2, 0.25) is 10.0 Å². The molecule has 0 unspecified atom stereocenters. The van der Waals surface area contributed by atoms with Crippen LogP contribution in [0, 0.1) is 6.92 Å². The zero-order chi connectivity index (χ0) is 15.5. The van der Waals surface area contributed by atoms with E-state index in [1.807, 2.05) is 0 Å². The molecule has 0 amide bonds. The molecule has 2 aromatic rings. The van der Waals surface area contributed by atoms with Gasteiger partial charge in [-0.15, -0.1) is 0 Å². The highest BCUT2D eigenvalue weighted by Gasteiger charge is 2.19. The minimum Gasteiger partial charge on any atom is -0.392 e. The lowest BCUT2D eigenvalue weighted by Gasteiger charge is -2.12. The van der Waals surface area contributed by atoms with Gasteiger partial charge in [-0.25, -0.2) is 13.1 Å². The van der Waals surface area contributed by atoms with E-state index in [4.69, 9.17) is 0 Å². The molecule has 0 aliphatic carbocycles. The zero-order valence-electron chi connectivity index (χ0n) is 11.4. The molecule has 21 heavy (non-hydrogen) atoms. The molecular weight excluding hydrogens is 356 g/mol. The first kappa shape index (κ1) is 16.1. The predicted octanol–water partition coefficient (Wildman–Crippen LogP) is 2.12. The number of nitrogens with one attached hydrogen (secondary N) is 1. The number of aliphatic hydroxyl groups is 1. The van der Waals surface area contributed by atoms with E-state index in [1.54, 1.807) is 37.5 Å². The van der Waals surface area contributed by atoms with Gasteiger partial charge in [-0.3, -0.25) is 4.98 Å². The maximum absolute atomic E-state index is 12.4. The van der Waals surface area contributed by atoms with Gasteiger partial charge in [-0.2, -0.15) is 0 Å². The van der Waals surface area contributed by atoms with E-state index < -0.39 is 10.0 Å². The normalized spacial score (nSPS) is 11.6. The SMILES string of the molecule is Cc1c(Br)cc(CO)cc1S(=O)(=O)NCc1cccnc1. The highest BCUT2D eigenvalue weighted by molar-refractivity contribution is 9.10. The molecule has 112 valence electrons. The van der Waals surface area contributed by atoms with Crippen molar-refractivity contribution in [1.82, 2.24) is 9.71 Å². The van der Waals surface area contributed by atoms with Gasteiger partial charge in [0.15, 0.2) is 0 Å². The number of rotatable bonds is 5. The first-order valence-corrected chi connectivity index (χ1v) is 8.50. The minimum absolute atomic E-state index is 0.157.